The topological polar surface area (TPSA) is 57.2 Å². The van der Waals surface area contributed by atoms with Gasteiger partial charge in [-0.05, 0) is 19.1 Å². The number of hydrogen-bond acceptors (Lipinski definition) is 5. The van der Waals surface area contributed by atoms with E-state index < -0.39 is 6.29 Å². The summed E-state index contributed by atoms with van der Waals surface area (Å²) < 4.78 is 21.6. The Hall–Kier alpha value is -1.30. The predicted molar refractivity (Wildman–Crippen MR) is 64.7 cm³/mol. The Labute approximate surface area is 106 Å². The Balaban J connectivity index is 2.07. The molecule has 0 spiro atoms. The van der Waals surface area contributed by atoms with Gasteiger partial charge < -0.3 is 24.1 Å². The van der Waals surface area contributed by atoms with Gasteiger partial charge in [0, 0.05) is 12.7 Å². The van der Waals surface area contributed by atoms with E-state index in [0.29, 0.717) is 25.6 Å². The first-order valence-electron chi connectivity index (χ1n) is 5.96. The summed E-state index contributed by atoms with van der Waals surface area (Å²) >= 11 is 0. The van der Waals surface area contributed by atoms with Gasteiger partial charge in [0.25, 0.3) is 0 Å². The van der Waals surface area contributed by atoms with Gasteiger partial charge in [-0.3, -0.25) is 0 Å². The zero-order chi connectivity index (χ0) is 13.0. The van der Waals surface area contributed by atoms with E-state index in [-0.39, 0.29) is 11.9 Å². The lowest BCUT2D eigenvalue weighted by Gasteiger charge is -2.13. The largest absolute Gasteiger partial charge is 0.504 e. The van der Waals surface area contributed by atoms with E-state index in [4.69, 9.17) is 18.9 Å². The van der Waals surface area contributed by atoms with E-state index in [9.17, 15) is 5.11 Å². The summed E-state index contributed by atoms with van der Waals surface area (Å²) in [5, 5.41) is 9.62. The lowest BCUT2D eigenvalue weighted by Crippen LogP contribution is -2.16. The molecule has 100 valence electrons. The number of methoxy groups -OCH3 is 1. The van der Waals surface area contributed by atoms with Crippen LogP contribution in [0.3, 0.4) is 0 Å². The molecule has 1 fully saturated rings. The average Bonchev–Trinajstić information content (AvgIpc) is 2.81. The molecule has 5 heteroatoms. The third-order valence-electron chi connectivity index (χ3n) is 2.66. The van der Waals surface area contributed by atoms with Crippen molar-refractivity contribution in [3.8, 4) is 11.5 Å². The van der Waals surface area contributed by atoms with Crippen LogP contribution >= 0.6 is 0 Å². The van der Waals surface area contributed by atoms with Gasteiger partial charge in [-0.2, -0.15) is 0 Å². The van der Waals surface area contributed by atoms with Crippen LogP contribution in [0.25, 0.3) is 0 Å². The first-order chi connectivity index (χ1) is 8.74. The molecule has 0 saturated carbocycles. The second-order valence-electron chi connectivity index (χ2n) is 4.04. The highest BCUT2D eigenvalue weighted by Crippen LogP contribution is 2.33. The second kappa shape index (κ2) is 6.04. The summed E-state index contributed by atoms with van der Waals surface area (Å²) in [7, 11) is 1.63. The fraction of sp³-hybridized carbons (Fsp3) is 0.538. The minimum Gasteiger partial charge on any atom is -0.504 e. The highest BCUT2D eigenvalue weighted by molar-refractivity contribution is 5.42. The summed E-state index contributed by atoms with van der Waals surface area (Å²) in [6.07, 6.45) is -0.477. The minimum atomic E-state index is -0.426. The molecule has 1 aromatic rings. The third kappa shape index (κ3) is 2.93. The Morgan fingerprint density at radius 3 is 3.00 bits per heavy atom. The molecule has 18 heavy (non-hydrogen) atoms. The minimum absolute atomic E-state index is 0.0515. The highest BCUT2D eigenvalue weighted by Gasteiger charge is 2.27. The van der Waals surface area contributed by atoms with E-state index in [1.165, 1.54) is 0 Å². The van der Waals surface area contributed by atoms with Crippen molar-refractivity contribution in [2.24, 2.45) is 0 Å². The van der Waals surface area contributed by atoms with Crippen molar-refractivity contribution in [3.05, 3.63) is 23.8 Å². The van der Waals surface area contributed by atoms with Gasteiger partial charge in [-0.1, -0.05) is 6.07 Å². The molecule has 0 radical (unpaired) electrons. The van der Waals surface area contributed by atoms with Gasteiger partial charge >= 0.3 is 0 Å². The maximum Gasteiger partial charge on any atom is 0.184 e. The Kier molecular flexibility index (Phi) is 4.41. The summed E-state index contributed by atoms with van der Waals surface area (Å²) in [6, 6.07) is 5.08. The van der Waals surface area contributed by atoms with Gasteiger partial charge in [0.2, 0.25) is 0 Å². The lowest BCUT2D eigenvalue weighted by molar-refractivity contribution is -0.0706. The molecule has 1 saturated heterocycles. The van der Waals surface area contributed by atoms with Crippen LogP contribution in [0.5, 0.6) is 11.5 Å². The molecule has 1 aliphatic rings. The van der Waals surface area contributed by atoms with Gasteiger partial charge in [-0.15, -0.1) is 0 Å². The SMILES string of the molecule is CCOc1cc(C2OCC(COC)O2)ccc1O. The quantitative estimate of drug-likeness (QED) is 0.869. The van der Waals surface area contributed by atoms with Crippen molar-refractivity contribution in [2.45, 2.75) is 19.3 Å². The Morgan fingerprint density at radius 2 is 2.28 bits per heavy atom. The molecule has 2 atom stereocenters. The number of rotatable bonds is 5. The molecular formula is C13H18O5. The molecular weight excluding hydrogens is 236 g/mol. The van der Waals surface area contributed by atoms with Crippen LogP contribution in [0.4, 0.5) is 0 Å². The molecule has 1 heterocycles. The molecule has 5 nitrogen and oxygen atoms in total. The van der Waals surface area contributed by atoms with E-state index in [1.54, 1.807) is 25.3 Å². The van der Waals surface area contributed by atoms with Crippen molar-refractivity contribution >= 4 is 0 Å². The summed E-state index contributed by atoms with van der Waals surface area (Å²) in [5.41, 5.74) is 0.829. The molecule has 1 aromatic carbocycles. The number of phenolic OH excluding ortho intramolecular Hbond substituents is 1. The summed E-state index contributed by atoms with van der Waals surface area (Å²) in [5.74, 6) is 0.560. The number of ether oxygens (including phenoxy) is 4. The Morgan fingerprint density at radius 1 is 1.44 bits per heavy atom. The zero-order valence-electron chi connectivity index (χ0n) is 10.6. The maximum atomic E-state index is 9.62. The second-order valence-corrected chi connectivity index (χ2v) is 4.04. The molecule has 0 aliphatic carbocycles. The first kappa shape index (κ1) is 13.1. The van der Waals surface area contributed by atoms with E-state index in [0.717, 1.165) is 5.56 Å². The standard InChI is InChI=1S/C13H18O5/c1-3-16-12-6-9(4-5-11(12)14)13-17-8-10(18-13)7-15-2/h4-6,10,13-14H,3,7-8H2,1-2H3. The van der Waals surface area contributed by atoms with Crippen LogP contribution in [0.2, 0.25) is 0 Å². The van der Waals surface area contributed by atoms with E-state index in [2.05, 4.69) is 0 Å². The molecule has 2 unspecified atom stereocenters. The smallest absolute Gasteiger partial charge is 0.184 e. The van der Waals surface area contributed by atoms with Crippen molar-refractivity contribution in [1.29, 1.82) is 0 Å². The molecule has 0 amide bonds. The molecule has 1 N–H and O–H groups in total. The monoisotopic (exact) mass is 254 g/mol. The third-order valence-corrected chi connectivity index (χ3v) is 2.66. The number of hydrogen-bond donors (Lipinski definition) is 1. The van der Waals surface area contributed by atoms with Crippen molar-refractivity contribution in [2.75, 3.05) is 26.9 Å². The lowest BCUT2D eigenvalue weighted by atomic mass is 10.2. The number of benzene rings is 1. The fourth-order valence-corrected chi connectivity index (χ4v) is 1.84. The fourth-order valence-electron chi connectivity index (χ4n) is 1.84. The van der Waals surface area contributed by atoms with Gasteiger partial charge in [-0.25, -0.2) is 0 Å². The highest BCUT2D eigenvalue weighted by atomic mass is 16.7. The normalized spacial score (nSPS) is 23.2. The van der Waals surface area contributed by atoms with Gasteiger partial charge in [0.15, 0.2) is 17.8 Å². The van der Waals surface area contributed by atoms with Gasteiger partial charge in [0.05, 0.1) is 19.8 Å². The Bertz CT molecular complexity index is 393. The van der Waals surface area contributed by atoms with Crippen LogP contribution < -0.4 is 4.74 Å². The summed E-state index contributed by atoms with van der Waals surface area (Å²) in [4.78, 5) is 0. The summed E-state index contributed by atoms with van der Waals surface area (Å²) in [6.45, 7) is 3.37. The molecule has 0 aromatic heterocycles. The van der Waals surface area contributed by atoms with Crippen molar-refractivity contribution in [1.82, 2.24) is 0 Å². The average molecular weight is 254 g/mol. The predicted octanol–water partition coefficient (Wildman–Crippen LogP) is 1.85. The van der Waals surface area contributed by atoms with Crippen LogP contribution in [0.15, 0.2) is 18.2 Å². The van der Waals surface area contributed by atoms with Crippen LogP contribution in [-0.2, 0) is 14.2 Å². The maximum absolute atomic E-state index is 9.62. The van der Waals surface area contributed by atoms with Crippen LogP contribution in [-0.4, -0.2) is 38.1 Å². The molecule has 2 rings (SSSR count). The van der Waals surface area contributed by atoms with Crippen LogP contribution in [0, 0.1) is 0 Å². The zero-order valence-corrected chi connectivity index (χ0v) is 10.6. The number of aromatic hydroxyl groups is 1. The van der Waals surface area contributed by atoms with E-state index in [1.807, 2.05) is 6.92 Å². The van der Waals surface area contributed by atoms with Crippen LogP contribution in [0.1, 0.15) is 18.8 Å². The van der Waals surface area contributed by atoms with Gasteiger partial charge in [0.1, 0.15) is 6.10 Å². The van der Waals surface area contributed by atoms with Crippen molar-refractivity contribution < 1.29 is 24.1 Å². The molecule has 0 bridgehead atoms. The van der Waals surface area contributed by atoms with Crippen molar-refractivity contribution in [3.63, 3.8) is 0 Å². The number of phenols is 1. The first-order valence-corrected chi connectivity index (χ1v) is 5.96. The molecule has 1 aliphatic heterocycles. The van der Waals surface area contributed by atoms with E-state index >= 15 is 0 Å².